The van der Waals surface area contributed by atoms with Gasteiger partial charge in [-0.15, -0.1) is 0 Å². The molecule has 0 unspecified atom stereocenters. The third-order valence-electron chi connectivity index (χ3n) is 5.08. The van der Waals surface area contributed by atoms with Crippen LogP contribution in [0.1, 0.15) is 44.9 Å². The molecule has 2 aliphatic rings. The third-order valence-corrected chi connectivity index (χ3v) is 5.08. The summed E-state index contributed by atoms with van der Waals surface area (Å²) in [5.41, 5.74) is -0.346. The minimum absolute atomic E-state index is 0.0961. The lowest BCUT2D eigenvalue weighted by Crippen LogP contribution is -2.32. The number of urea groups is 1. The predicted octanol–water partition coefficient (Wildman–Crippen LogP) is 2.72. The molecular formula is C20H24FN5O4. The molecule has 1 aliphatic carbocycles. The number of hydrogen-bond donors (Lipinski definition) is 1. The van der Waals surface area contributed by atoms with Gasteiger partial charge in [-0.05, 0) is 39.7 Å². The molecule has 0 aromatic carbocycles. The van der Waals surface area contributed by atoms with Gasteiger partial charge in [0.05, 0.1) is 17.9 Å². The number of alkyl carbamates (subject to hydrolysis) is 1. The highest BCUT2D eigenvalue weighted by molar-refractivity contribution is 6.13. The maximum absolute atomic E-state index is 14.8. The maximum Gasteiger partial charge on any atom is 0.407 e. The van der Waals surface area contributed by atoms with Crippen LogP contribution in [-0.4, -0.2) is 51.5 Å². The predicted molar refractivity (Wildman–Crippen MR) is 106 cm³/mol. The molecule has 3 heterocycles. The van der Waals surface area contributed by atoms with Crippen LogP contribution in [0.5, 0.6) is 0 Å². The number of nitrogens with zero attached hydrogens (tertiary/aromatic N) is 4. The Bertz CT molecular complexity index is 1050. The summed E-state index contributed by atoms with van der Waals surface area (Å²) in [6.45, 7) is 5.26. The number of anilines is 1. The van der Waals surface area contributed by atoms with E-state index in [1.165, 1.54) is 11.9 Å². The number of ether oxygens (including phenoxy) is 1. The average molecular weight is 417 g/mol. The largest absolute Gasteiger partial charge is 0.444 e. The Labute approximate surface area is 172 Å². The van der Waals surface area contributed by atoms with E-state index in [0.29, 0.717) is 35.4 Å². The number of halogens is 1. The molecule has 4 amide bonds. The van der Waals surface area contributed by atoms with Crippen molar-refractivity contribution in [2.45, 2.75) is 51.4 Å². The lowest BCUT2D eigenvalue weighted by atomic mass is 10.1. The average Bonchev–Trinajstić information content (AvgIpc) is 3.18. The second kappa shape index (κ2) is 6.68. The molecule has 4 rings (SSSR count). The Kier molecular flexibility index (Phi) is 4.48. The standard InChI is InChI=1S/C20H24FN5O4/c1-19(2,3)30-17(28)22-8-13-10-25-9-12(20(21)5-6-20)7-14(16(25)23-13)26-11-15(27)24(4)18(26)29/h7,9-10H,5-6,8,11H2,1-4H3,(H,22,28). The van der Waals surface area contributed by atoms with Crippen LogP contribution in [0.25, 0.3) is 5.65 Å². The molecule has 1 saturated heterocycles. The molecule has 30 heavy (non-hydrogen) atoms. The van der Waals surface area contributed by atoms with Crippen molar-refractivity contribution in [2.24, 2.45) is 0 Å². The molecule has 1 aliphatic heterocycles. The second-order valence-electron chi connectivity index (χ2n) is 8.72. The number of imide groups is 1. The van der Waals surface area contributed by atoms with Crippen LogP contribution in [0.2, 0.25) is 0 Å². The van der Waals surface area contributed by atoms with E-state index in [2.05, 4.69) is 10.3 Å². The van der Waals surface area contributed by atoms with Gasteiger partial charge in [0.15, 0.2) is 5.65 Å². The highest BCUT2D eigenvalue weighted by Crippen LogP contribution is 2.50. The van der Waals surface area contributed by atoms with Crippen molar-refractivity contribution in [2.75, 3.05) is 18.5 Å². The Hall–Kier alpha value is -3.17. The van der Waals surface area contributed by atoms with Crippen molar-refractivity contribution in [1.29, 1.82) is 0 Å². The van der Waals surface area contributed by atoms with Gasteiger partial charge in [-0.2, -0.15) is 0 Å². The van der Waals surface area contributed by atoms with Crippen molar-refractivity contribution in [3.05, 3.63) is 29.7 Å². The number of imidazole rings is 1. The highest BCUT2D eigenvalue weighted by Gasteiger charge is 2.46. The zero-order chi connectivity index (χ0) is 21.8. The van der Waals surface area contributed by atoms with Crippen LogP contribution >= 0.6 is 0 Å². The number of likely N-dealkylation sites (N-methyl/N-ethyl adjacent to an activating group) is 1. The highest BCUT2D eigenvalue weighted by atomic mass is 19.1. The van der Waals surface area contributed by atoms with Gasteiger partial charge in [0.2, 0.25) is 5.91 Å². The van der Waals surface area contributed by atoms with Gasteiger partial charge < -0.3 is 14.5 Å². The molecule has 9 nitrogen and oxygen atoms in total. The Morgan fingerprint density at radius 2 is 2.00 bits per heavy atom. The molecule has 1 saturated carbocycles. The first kappa shape index (κ1) is 20.1. The summed E-state index contributed by atoms with van der Waals surface area (Å²) in [7, 11) is 1.41. The number of aromatic nitrogens is 2. The molecule has 2 fully saturated rings. The number of carbonyl (C=O) groups is 3. The first-order chi connectivity index (χ1) is 14.0. The smallest absolute Gasteiger partial charge is 0.407 e. The summed E-state index contributed by atoms with van der Waals surface area (Å²) < 4.78 is 21.7. The lowest BCUT2D eigenvalue weighted by molar-refractivity contribution is -0.123. The Morgan fingerprint density at radius 3 is 2.57 bits per heavy atom. The van der Waals surface area contributed by atoms with E-state index < -0.39 is 23.4 Å². The molecule has 1 N–H and O–H groups in total. The molecule has 2 aromatic rings. The number of hydrogen-bond acceptors (Lipinski definition) is 5. The van der Waals surface area contributed by atoms with Crippen molar-refractivity contribution in [3.63, 3.8) is 0 Å². The van der Waals surface area contributed by atoms with E-state index >= 15 is 0 Å². The van der Waals surface area contributed by atoms with Gasteiger partial charge in [0, 0.05) is 25.0 Å². The number of amides is 4. The first-order valence-corrected chi connectivity index (χ1v) is 9.73. The molecule has 0 bridgehead atoms. The molecule has 160 valence electrons. The van der Waals surface area contributed by atoms with Gasteiger partial charge in [0.25, 0.3) is 0 Å². The van der Waals surface area contributed by atoms with E-state index in [9.17, 15) is 18.8 Å². The van der Waals surface area contributed by atoms with Gasteiger partial charge in [-0.25, -0.2) is 19.0 Å². The maximum atomic E-state index is 14.8. The number of nitrogens with one attached hydrogen (secondary N) is 1. The fourth-order valence-electron chi connectivity index (χ4n) is 3.32. The van der Waals surface area contributed by atoms with Gasteiger partial charge >= 0.3 is 12.1 Å². The SMILES string of the molecule is CN1C(=O)CN(c2cc(C3(F)CC3)cn3cc(CNC(=O)OC(C)(C)C)nc23)C1=O. The fourth-order valence-corrected chi connectivity index (χ4v) is 3.32. The van der Waals surface area contributed by atoms with E-state index in [0.717, 1.165) is 4.90 Å². The zero-order valence-electron chi connectivity index (χ0n) is 17.4. The normalized spacial score (nSPS) is 18.3. The summed E-state index contributed by atoms with van der Waals surface area (Å²) in [4.78, 5) is 43.3. The van der Waals surface area contributed by atoms with Crippen molar-refractivity contribution in [3.8, 4) is 0 Å². The van der Waals surface area contributed by atoms with Crippen molar-refractivity contribution >= 4 is 29.4 Å². The minimum Gasteiger partial charge on any atom is -0.444 e. The van der Waals surface area contributed by atoms with Crippen LogP contribution in [0.4, 0.5) is 19.7 Å². The van der Waals surface area contributed by atoms with Gasteiger partial charge in [-0.3, -0.25) is 14.6 Å². The van der Waals surface area contributed by atoms with Gasteiger partial charge in [0.1, 0.15) is 17.8 Å². The van der Waals surface area contributed by atoms with Crippen LogP contribution in [0.3, 0.4) is 0 Å². The van der Waals surface area contributed by atoms with E-state index in [4.69, 9.17) is 4.74 Å². The molecule has 0 spiro atoms. The minimum atomic E-state index is -1.43. The second-order valence-corrected chi connectivity index (χ2v) is 8.72. The van der Waals surface area contributed by atoms with Crippen LogP contribution in [0, 0.1) is 0 Å². The Balaban J connectivity index is 1.67. The quantitative estimate of drug-likeness (QED) is 0.772. The zero-order valence-corrected chi connectivity index (χ0v) is 17.4. The first-order valence-electron chi connectivity index (χ1n) is 9.73. The molecule has 0 radical (unpaired) electrons. The number of pyridine rings is 1. The molecule has 2 aromatic heterocycles. The summed E-state index contributed by atoms with van der Waals surface area (Å²) >= 11 is 0. The Morgan fingerprint density at radius 1 is 1.30 bits per heavy atom. The van der Waals surface area contributed by atoms with Crippen LogP contribution < -0.4 is 10.2 Å². The lowest BCUT2D eigenvalue weighted by Gasteiger charge is -2.19. The molecule has 0 atom stereocenters. The van der Waals surface area contributed by atoms with Crippen LogP contribution in [0.15, 0.2) is 18.5 Å². The van der Waals surface area contributed by atoms with Gasteiger partial charge in [-0.1, -0.05) is 0 Å². The number of alkyl halides is 1. The van der Waals surface area contributed by atoms with Crippen molar-refractivity contribution < 1.29 is 23.5 Å². The van der Waals surface area contributed by atoms with Crippen LogP contribution in [-0.2, 0) is 21.7 Å². The van der Waals surface area contributed by atoms with E-state index in [1.54, 1.807) is 43.6 Å². The summed E-state index contributed by atoms with van der Waals surface area (Å²) in [6, 6.07) is 1.10. The summed E-state index contributed by atoms with van der Waals surface area (Å²) in [5, 5.41) is 2.63. The number of carbonyl (C=O) groups excluding carboxylic acids is 3. The third kappa shape index (κ3) is 3.69. The topological polar surface area (TPSA) is 96.2 Å². The number of rotatable bonds is 4. The monoisotopic (exact) mass is 417 g/mol. The van der Waals surface area contributed by atoms with E-state index in [-0.39, 0.29) is 19.0 Å². The van der Waals surface area contributed by atoms with Crippen molar-refractivity contribution in [1.82, 2.24) is 19.6 Å². The summed E-state index contributed by atoms with van der Waals surface area (Å²) in [6.07, 6.45) is 3.54. The summed E-state index contributed by atoms with van der Waals surface area (Å²) in [5.74, 6) is -0.344. The van der Waals surface area contributed by atoms with E-state index in [1.807, 2.05) is 0 Å². The molecule has 10 heteroatoms. The molecular weight excluding hydrogens is 393 g/mol. The number of fused-ring (bicyclic) bond motifs is 1. The fraction of sp³-hybridized carbons (Fsp3) is 0.500.